The van der Waals surface area contributed by atoms with Crippen molar-refractivity contribution in [2.75, 3.05) is 6.54 Å². The Morgan fingerprint density at radius 2 is 2.24 bits per heavy atom. The average molecular weight is 252 g/mol. The van der Waals surface area contributed by atoms with Crippen LogP contribution in [-0.2, 0) is 13.5 Å². The molecular weight excluding hydrogens is 238 g/mol. The maximum absolute atomic E-state index is 6.12. The van der Waals surface area contributed by atoms with Crippen molar-refractivity contribution in [3.63, 3.8) is 0 Å². The summed E-state index contributed by atoms with van der Waals surface area (Å²) in [6.07, 6.45) is 4.22. The van der Waals surface area contributed by atoms with Crippen LogP contribution in [0.3, 0.4) is 0 Å². The molecule has 1 heterocycles. The van der Waals surface area contributed by atoms with Crippen molar-refractivity contribution >= 4 is 11.6 Å². The lowest BCUT2D eigenvalue weighted by Crippen LogP contribution is -2.03. The third kappa shape index (κ3) is 2.99. The first-order valence-corrected chi connectivity index (χ1v) is 5.72. The number of hydrogen-bond acceptors (Lipinski definition) is 3. The topological polar surface area (TPSA) is 53.1 Å². The van der Waals surface area contributed by atoms with Gasteiger partial charge in [0.2, 0.25) is 0 Å². The molecule has 90 valence electrons. The number of rotatable bonds is 4. The van der Waals surface area contributed by atoms with Gasteiger partial charge in [0, 0.05) is 12.1 Å². The molecule has 0 bridgehead atoms. The molecule has 5 heteroatoms. The minimum absolute atomic E-state index is 0.586. The number of nitrogens with zero attached hydrogens (tertiary/aromatic N) is 2. The summed E-state index contributed by atoms with van der Waals surface area (Å²) in [5.74, 6) is 1.39. The number of nitrogens with two attached hydrogens (primary N) is 1. The van der Waals surface area contributed by atoms with Gasteiger partial charge in [0.1, 0.15) is 5.75 Å². The van der Waals surface area contributed by atoms with Gasteiger partial charge in [0.25, 0.3) is 0 Å². The standard InChI is InChI=1S/C12H14ClN3O/c1-16-8-11(7-15-16)17-10-3-2-9(4-5-14)12(13)6-10/h2-3,6-8H,4-5,14H2,1H3. The largest absolute Gasteiger partial charge is 0.454 e. The normalized spacial score (nSPS) is 10.5. The molecule has 2 rings (SSSR count). The summed E-state index contributed by atoms with van der Waals surface area (Å²) in [6, 6.07) is 5.60. The van der Waals surface area contributed by atoms with Crippen molar-refractivity contribution < 1.29 is 4.74 Å². The monoisotopic (exact) mass is 251 g/mol. The van der Waals surface area contributed by atoms with Gasteiger partial charge in [-0.15, -0.1) is 0 Å². The molecule has 0 aliphatic rings. The van der Waals surface area contributed by atoms with Crippen LogP contribution in [0.2, 0.25) is 5.02 Å². The van der Waals surface area contributed by atoms with E-state index in [1.165, 1.54) is 0 Å². The van der Waals surface area contributed by atoms with Crippen molar-refractivity contribution in [3.05, 3.63) is 41.2 Å². The molecule has 0 saturated carbocycles. The van der Waals surface area contributed by atoms with E-state index in [1.54, 1.807) is 23.1 Å². The van der Waals surface area contributed by atoms with Gasteiger partial charge in [-0.3, -0.25) is 4.68 Å². The number of aryl methyl sites for hydroxylation is 1. The molecule has 0 saturated heterocycles. The zero-order valence-corrected chi connectivity index (χ0v) is 10.3. The van der Waals surface area contributed by atoms with Crippen LogP contribution in [0, 0.1) is 0 Å². The summed E-state index contributed by atoms with van der Waals surface area (Å²) in [4.78, 5) is 0. The smallest absolute Gasteiger partial charge is 0.165 e. The zero-order valence-electron chi connectivity index (χ0n) is 9.56. The van der Waals surface area contributed by atoms with E-state index in [9.17, 15) is 0 Å². The molecule has 17 heavy (non-hydrogen) atoms. The highest BCUT2D eigenvalue weighted by Crippen LogP contribution is 2.26. The highest BCUT2D eigenvalue weighted by atomic mass is 35.5. The first-order valence-electron chi connectivity index (χ1n) is 5.34. The van der Waals surface area contributed by atoms with Gasteiger partial charge in [-0.05, 0) is 30.7 Å². The molecule has 0 fully saturated rings. The first-order chi connectivity index (χ1) is 8.19. The predicted octanol–water partition coefficient (Wildman–Crippen LogP) is 2.37. The van der Waals surface area contributed by atoms with E-state index < -0.39 is 0 Å². The second-order valence-corrected chi connectivity index (χ2v) is 4.15. The van der Waals surface area contributed by atoms with E-state index in [-0.39, 0.29) is 0 Å². The molecule has 0 amide bonds. The Hall–Kier alpha value is -1.52. The third-order valence-electron chi connectivity index (χ3n) is 2.36. The number of aromatic nitrogens is 2. The molecule has 2 N–H and O–H groups in total. The maximum atomic E-state index is 6.12. The van der Waals surface area contributed by atoms with Crippen LogP contribution in [0.25, 0.3) is 0 Å². The molecule has 0 radical (unpaired) electrons. The molecule has 2 aromatic rings. The van der Waals surface area contributed by atoms with E-state index in [4.69, 9.17) is 22.1 Å². The summed E-state index contributed by atoms with van der Waals surface area (Å²) >= 11 is 6.12. The van der Waals surface area contributed by atoms with E-state index in [0.717, 1.165) is 12.0 Å². The van der Waals surface area contributed by atoms with Crippen molar-refractivity contribution in [2.24, 2.45) is 12.8 Å². The Kier molecular flexibility index (Phi) is 3.66. The van der Waals surface area contributed by atoms with Crippen LogP contribution >= 0.6 is 11.6 Å². The molecule has 1 aromatic heterocycles. The highest BCUT2D eigenvalue weighted by Gasteiger charge is 2.04. The van der Waals surface area contributed by atoms with Crippen molar-refractivity contribution in [3.8, 4) is 11.5 Å². The second kappa shape index (κ2) is 5.21. The Morgan fingerprint density at radius 3 is 2.82 bits per heavy atom. The van der Waals surface area contributed by atoms with E-state index in [1.807, 2.05) is 19.2 Å². The van der Waals surface area contributed by atoms with Crippen LogP contribution in [0.1, 0.15) is 5.56 Å². The molecule has 0 unspecified atom stereocenters. The van der Waals surface area contributed by atoms with Crippen LogP contribution in [0.15, 0.2) is 30.6 Å². The Morgan fingerprint density at radius 1 is 1.41 bits per heavy atom. The lowest BCUT2D eigenvalue weighted by molar-refractivity contribution is 0.482. The minimum atomic E-state index is 0.586. The van der Waals surface area contributed by atoms with Crippen LogP contribution in [-0.4, -0.2) is 16.3 Å². The fraction of sp³-hybridized carbons (Fsp3) is 0.250. The van der Waals surface area contributed by atoms with Gasteiger partial charge in [-0.25, -0.2) is 0 Å². The minimum Gasteiger partial charge on any atom is -0.454 e. The van der Waals surface area contributed by atoms with Crippen LogP contribution in [0.4, 0.5) is 0 Å². The number of halogens is 1. The fourth-order valence-corrected chi connectivity index (χ4v) is 1.80. The van der Waals surface area contributed by atoms with Gasteiger partial charge < -0.3 is 10.5 Å². The van der Waals surface area contributed by atoms with Crippen molar-refractivity contribution in [1.29, 1.82) is 0 Å². The molecule has 0 aliphatic carbocycles. The molecule has 4 nitrogen and oxygen atoms in total. The highest BCUT2D eigenvalue weighted by molar-refractivity contribution is 6.31. The molecule has 0 atom stereocenters. The van der Waals surface area contributed by atoms with Crippen molar-refractivity contribution in [1.82, 2.24) is 9.78 Å². The van der Waals surface area contributed by atoms with Gasteiger partial charge in [0.15, 0.2) is 5.75 Å². The summed E-state index contributed by atoms with van der Waals surface area (Å²) in [6.45, 7) is 0.586. The third-order valence-corrected chi connectivity index (χ3v) is 2.71. The van der Waals surface area contributed by atoms with Gasteiger partial charge in [0.05, 0.1) is 12.4 Å². The maximum Gasteiger partial charge on any atom is 0.165 e. The quantitative estimate of drug-likeness (QED) is 0.908. The van der Waals surface area contributed by atoms with Gasteiger partial charge in [-0.2, -0.15) is 5.10 Å². The van der Waals surface area contributed by atoms with Crippen LogP contribution in [0.5, 0.6) is 11.5 Å². The van der Waals surface area contributed by atoms with E-state index in [0.29, 0.717) is 23.1 Å². The van der Waals surface area contributed by atoms with E-state index in [2.05, 4.69) is 5.10 Å². The lowest BCUT2D eigenvalue weighted by atomic mass is 10.1. The molecule has 1 aromatic carbocycles. The Balaban J connectivity index is 2.14. The summed E-state index contributed by atoms with van der Waals surface area (Å²) in [5, 5.41) is 4.70. The van der Waals surface area contributed by atoms with Gasteiger partial charge in [-0.1, -0.05) is 17.7 Å². The summed E-state index contributed by atoms with van der Waals surface area (Å²) in [7, 11) is 1.84. The number of ether oxygens (including phenoxy) is 1. The van der Waals surface area contributed by atoms with E-state index >= 15 is 0 Å². The number of hydrogen-bond donors (Lipinski definition) is 1. The Labute approximate surface area is 105 Å². The first kappa shape index (κ1) is 12.0. The summed E-state index contributed by atoms with van der Waals surface area (Å²) in [5.41, 5.74) is 6.53. The van der Waals surface area contributed by atoms with Crippen molar-refractivity contribution in [2.45, 2.75) is 6.42 Å². The van der Waals surface area contributed by atoms with Gasteiger partial charge >= 0.3 is 0 Å². The zero-order chi connectivity index (χ0) is 12.3. The Bertz CT molecular complexity index is 510. The fourth-order valence-electron chi connectivity index (χ4n) is 1.54. The lowest BCUT2D eigenvalue weighted by Gasteiger charge is -2.06. The number of benzene rings is 1. The molecular formula is C12H14ClN3O. The molecule has 0 spiro atoms. The molecule has 0 aliphatic heterocycles. The summed E-state index contributed by atoms with van der Waals surface area (Å²) < 4.78 is 7.29. The predicted molar refractivity (Wildman–Crippen MR) is 67.5 cm³/mol. The second-order valence-electron chi connectivity index (χ2n) is 3.74. The SMILES string of the molecule is Cn1cc(Oc2ccc(CCN)c(Cl)c2)cn1. The average Bonchev–Trinajstić information content (AvgIpc) is 2.68. The van der Waals surface area contributed by atoms with Crippen LogP contribution < -0.4 is 10.5 Å².